The molecule has 1 aliphatic heterocycles. The smallest absolute Gasteiger partial charge is 0.252 e. The zero-order valence-corrected chi connectivity index (χ0v) is 22.7. The largest absolute Gasteiger partial charge is 0.376 e. The van der Waals surface area contributed by atoms with E-state index >= 15 is 0 Å². The highest BCUT2D eigenvalue weighted by Crippen LogP contribution is 2.27. The van der Waals surface area contributed by atoms with Gasteiger partial charge in [-0.1, -0.05) is 54.8 Å². The van der Waals surface area contributed by atoms with E-state index in [0.717, 1.165) is 67.5 Å². The quantitative estimate of drug-likeness (QED) is 0.306. The van der Waals surface area contributed by atoms with Gasteiger partial charge in [0.25, 0.3) is 5.56 Å². The molecule has 8 heteroatoms. The van der Waals surface area contributed by atoms with Crippen LogP contribution in [0.4, 0.5) is 0 Å². The average molecular weight is 515 g/mol. The predicted molar refractivity (Wildman–Crippen MR) is 149 cm³/mol. The van der Waals surface area contributed by atoms with E-state index in [1.165, 1.54) is 16.7 Å². The van der Waals surface area contributed by atoms with Crippen LogP contribution in [0.1, 0.15) is 66.7 Å². The minimum absolute atomic E-state index is 0.0196. The Morgan fingerprint density at radius 3 is 2.82 bits per heavy atom. The van der Waals surface area contributed by atoms with Crippen LogP contribution in [0, 0.1) is 13.8 Å². The second-order valence-electron chi connectivity index (χ2n) is 10.6. The topological polar surface area (TPSA) is 88.9 Å². The van der Waals surface area contributed by atoms with Crippen LogP contribution in [0.2, 0.25) is 0 Å². The van der Waals surface area contributed by atoms with Gasteiger partial charge < -0.3 is 9.72 Å². The number of nitrogens with zero attached hydrogens (tertiary/aromatic N) is 5. The number of hydrogen-bond acceptors (Lipinski definition) is 6. The summed E-state index contributed by atoms with van der Waals surface area (Å²) >= 11 is 0. The molecule has 0 bridgehead atoms. The van der Waals surface area contributed by atoms with Crippen LogP contribution in [-0.2, 0) is 24.2 Å². The number of aromatic nitrogens is 5. The second kappa shape index (κ2) is 12.0. The van der Waals surface area contributed by atoms with Gasteiger partial charge in [0.05, 0.1) is 18.7 Å². The molecule has 0 saturated carbocycles. The number of fused-ring (bicyclic) bond motifs is 1. The molecule has 2 aromatic carbocycles. The fraction of sp³-hybridized carbons (Fsp3) is 0.467. The number of H-pyrrole nitrogens is 1. The summed E-state index contributed by atoms with van der Waals surface area (Å²) in [5, 5.41) is 14.0. The first-order valence-electron chi connectivity index (χ1n) is 13.8. The van der Waals surface area contributed by atoms with Crippen molar-refractivity contribution in [3.8, 4) is 0 Å². The van der Waals surface area contributed by atoms with Gasteiger partial charge >= 0.3 is 0 Å². The third-order valence-electron chi connectivity index (χ3n) is 7.48. The van der Waals surface area contributed by atoms with Crippen molar-refractivity contribution >= 4 is 10.9 Å². The van der Waals surface area contributed by atoms with Gasteiger partial charge in [0, 0.05) is 30.8 Å². The Morgan fingerprint density at radius 2 is 2.03 bits per heavy atom. The summed E-state index contributed by atoms with van der Waals surface area (Å²) in [5.41, 5.74) is 5.28. The molecule has 1 saturated heterocycles. The first kappa shape index (κ1) is 26.3. The number of aromatic amines is 1. The molecule has 4 aromatic rings. The number of pyridine rings is 1. The van der Waals surface area contributed by atoms with E-state index in [9.17, 15) is 4.79 Å². The molecule has 3 heterocycles. The molecule has 2 aromatic heterocycles. The van der Waals surface area contributed by atoms with Crippen molar-refractivity contribution in [1.82, 2.24) is 30.1 Å². The van der Waals surface area contributed by atoms with Crippen LogP contribution in [0.3, 0.4) is 0 Å². The van der Waals surface area contributed by atoms with Crippen LogP contribution in [-0.4, -0.2) is 49.3 Å². The number of rotatable bonds is 11. The maximum absolute atomic E-state index is 13.2. The number of aryl methyl sites for hydroxylation is 2. The Balaban J connectivity index is 1.48. The first-order chi connectivity index (χ1) is 18.5. The molecule has 2 atom stereocenters. The zero-order valence-electron chi connectivity index (χ0n) is 22.7. The van der Waals surface area contributed by atoms with Crippen LogP contribution >= 0.6 is 0 Å². The van der Waals surface area contributed by atoms with E-state index in [2.05, 4.69) is 76.5 Å². The molecule has 200 valence electrons. The third-order valence-corrected chi connectivity index (χ3v) is 7.48. The highest BCUT2D eigenvalue weighted by Gasteiger charge is 2.28. The summed E-state index contributed by atoms with van der Waals surface area (Å²) in [5.74, 6) is 0.847. The van der Waals surface area contributed by atoms with Gasteiger partial charge in [-0.05, 0) is 79.1 Å². The monoisotopic (exact) mass is 514 g/mol. The molecule has 2 unspecified atom stereocenters. The standard InChI is InChI=1S/C30H38N6O2/c1-4-7-28(29-32-33-34-36(29)20-26-10-6-15-38-26)35(14-13-23-9-5-8-21(2)16-23)19-25-18-24-17-22(3)11-12-27(24)31-30(25)37/h5,8-9,11-12,16-18,26,28H,4,6-7,10,13-15,19-20H2,1-3H3,(H,31,37). The van der Waals surface area contributed by atoms with Crippen LogP contribution in [0.25, 0.3) is 10.9 Å². The van der Waals surface area contributed by atoms with E-state index in [1.807, 2.05) is 22.9 Å². The molecule has 38 heavy (non-hydrogen) atoms. The molecule has 0 aliphatic carbocycles. The Hall–Kier alpha value is -3.36. The summed E-state index contributed by atoms with van der Waals surface area (Å²) in [6.07, 6.45) is 5.00. The lowest BCUT2D eigenvalue weighted by molar-refractivity contribution is 0.0891. The van der Waals surface area contributed by atoms with Crippen LogP contribution in [0.15, 0.2) is 53.3 Å². The summed E-state index contributed by atoms with van der Waals surface area (Å²) in [4.78, 5) is 18.7. The number of hydrogen-bond donors (Lipinski definition) is 1. The van der Waals surface area contributed by atoms with Crippen molar-refractivity contribution in [2.75, 3.05) is 13.2 Å². The van der Waals surface area contributed by atoms with Gasteiger partial charge in [-0.15, -0.1) is 5.10 Å². The lowest BCUT2D eigenvalue weighted by Crippen LogP contribution is -2.35. The van der Waals surface area contributed by atoms with Gasteiger partial charge in [0.2, 0.25) is 0 Å². The van der Waals surface area contributed by atoms with Crippen molar-refractivity contribution in [1.29, 1.82) is 0 Å². The average Bonchev–Trinajstić information content (AvgIpc) is 3.58. The van der Waals surface area contributed by atoms with Crippen molar-refractivity contribution in [2.24, 2.45) is 0 Å². The highest BCUT2D eigenvalue weighted by atomic mass is 16.5. The lowest BCUT2D eigenvalue weighted by atomic mass is 10.0. The molecular weight excluding hydrogens is 476 g/mol. The highest BCUT2D eigenvalue weighted by molar-refractivity contribution is 5.79. The maximum Gasteiger partial charge on any atom is 0.252 e. The fourth-order valence-corrected chi connectivity index (χ4v) is 5.50. The molecule has 0 radical (unpaired) electrons. The Labute approximate surface area is 224 Å². The molecule has 1 aliphatic rings. The molecule has 1 fully saturated rings. The van der Waals surface area contributed by atoms with Crippen molar-refractivity contribution in [3.05, 3.63) is 87.0 Å². The van der Waals surface area contributed by atoms with Crippen molar-refractivity contribution in [2.45, 2.75) is 78.1 Å². The van der Waals surface area contributed by atoms with E-state index in [0.29, 0.717) is 13.1 Å². The van der Waals surface area contributed by atoms with Gasteiger partial charge in [0.1, 0.15) is 0 Å². The van der Waals surface area contributed by atoms with Crippen molar-refractivity contribution < 1.29 is 4.74 Å². The predicted octanol–water partition coefficient (Wildman–Crippen LogP) is 4.90. The lowest BCUT2D eigenvalue weighted by Gasteiger charge is -2.31. The summed E-state index contributed by atoms with van der Waals surface area (Å²) < 4.78 is 7.81. The van der Waals surface area contributed by atoms with E-state index in [1.54, 1.807) is 0 Å². The molecule has 1 N–H and O–H groups in total. The second-order valence-corrected chi connectivity index (χ2v) is 10.6. The summed E-state index contributed by atoms with van der Waals surface area (Å²) in [7, 11) is 0. The van der Waals surface area contributed by atoms with Gasteiger partial charge in [-0.2, -0.15) is 0 Å². The van der Waals surface area contributed by atoms with Crippen molar-refractivity contribution in [3.63, 3.8) is 0 Å². The number of ether oxygens (including phenoxy) is 1. The van der Waals surface area contributed by atoms with E-state index < -0.39 is 0 Å². The van der Waals surface area contributed by atoms with Gasteiger partial charge in [-0.3, -0.25) is 9.69 Å². The SMILES string of the molecule is CCCC(c1nnnn1CC1CCCO1)N(CCc1cccc(C)c1)Cc1cc2cc(C)ccc2[nH]c1=O. The molecular formula is C30H38N6O2. The van der Waals surface area contributed by atoms with Crippen LogP contribution < -0.4 is 5.56 Å². The number of tetrazole rings is 1. The minimum atomic E-state index is -0.0453. The molecule has 5 rings (SSSR count). The van der Waals surface area contributed by atoms with Crippen LogP contribution in [0.5, 0.6) is 0 Å². The Bertz CT molecular complexity index is 1420. The van der Waals surface area contributed by atoms with Gasteiger partial charge in [0.15, 0.2) is 5.82 Å². The normalized spacial score (nSPS) is 16.5. The summed E-state index contributed by atoms with van der Waals surface area (Å²) in [6, 6.07) is 16.8. The van der Waals surface area contributed by atoms with E-state index in [-0.39, 0.29) is 17.7 Å². The Morgan fingerprint density at radius 1 is 1.16 bits per heavy atom. The third kappa shape index (κ3) is 6.19. The van der Waals surface area contributed by atoms with E-state index in [4.69, 9.17) is 4.74 Å². The van der Waals surface area contributed by atoms with Gasteiger partial charge in [-0.25, -0.2) is 4.68 Å². The maximum atomic E-state index is 13.2. The summed E-state index contributed by atoms with van der Waals surface area (Å²) in [6.45, 7) is 9.14. The number of benzene rings is 2. The Kier molecular flexibility index (Phi) is 8.29. The minimum Gasteiger partial charge on any atom is -0.376 e. The molecule has 8 nitrogen and oxygen atoms in total. The molecule has 0 amide bonds. The molecule has 0 spiro atoms. The first-order valence-corrected chi connectivity index (χ1v) is 13.8. The zero-order chi connectivity index (χ0) is 26.5. The fourth-order valence-electron chi connectivity index (χ4n) is 5.50. The number of nitrogens with one attached hydrogen (secondary N) is 1.